The smallest absolute Gasteiger partial charge is 0.0933 e. The van der Waals surface area contributed by atoms with Crippen LogP contribution in [0.15, 0.2) is 91.0 Å². The number of rotatable bonds is 6. The molecular formula is C20H19NO. The average molecular weight is 289 g/mol. The molecule has 2 heteroatoms. The lowest BCUT2D eigenvalue weighted by atomic mass is 10.00. The quantitative estimate of drug-likeness (QED) is 0.675. The summed E-state index contributed by atoms with van der Waals surface area (Å²) < 4.78 is 0. The van der Waals surface area contributed by atoms with E-state index in [1.165, 1.54) is 11.1 Å². The maximum Gasteiger partial charge on any atom is 0.0933 e. The molecule has 3 aromatic rings. The van der Waals surface area contributed by atoms with E-state index in [0.717, 1.165) is 5.56 Å². The standard InChI is InChI=1S/C20H19NO/c1-4-10-17(11-5-1)16-22-21-20(18-12-6-2-7-13-18)19-14-8-3-9-15-19/h1-15,20-21H,16H2. The normalized spacial score (nSPS) is 10.8. The van der Waals surface area contributed by atoms with Crippen molar-refractivity contribution in [1.82, 2.24) is 5.48 Å². The predicted octanol–water partition coefficient (Wildman–Crippen LogP) is 4.50. The number of benzene rings is 3. The van der Waals surface area contributed by atoms with Crippen LogP contribution >= 0.6 is 0 Å². The minimum absolute atomic E-state index is 0.0195. The summed E-state index contributed by atoms with van der Waals surface area (Å²) in [4.78, 5) is 5.74. The Balaban J connectivity index is 1.72. The molecule has 0 fully saturated rings. The lowest BCUT2D eigenvalue weighted by molar-refractivity contribution is 0.0115. The van der Waals surface area contributed by atoms with Gasteiger partial charge in [-0.15, -0.1) is 0 Å². The maximum atomic E-state index is 5.74. The van der Waals surface area contributed by atoms with Gasteiger partial charge in [-0.05, 0) is 16.7 Å². The van der Waals surface area contributed by atoms with E-state index in [4.69, 9.17) is 4.84 Å². The Morgan fingerprint density at radius 2 is 1.09 bits per heavy atom. The van der Waals surface area contributed by atoms with Crippen molar-refractivity contribution >= 4 is 0 Å². The van der Waals surface area contributed by atoms with Crippen molar-refractivity contribution in [2.75, 3.05) is 0 Å². The van der Waals surface area contributed by atoms with E-state index in [9.17, 15) is 0 Å². The van der Waals surface area contributed by atoms with E-state index >= 15 is 0 Å². The molecule has 0 radical (unpaired) electrons. The lowest BCUT2D eigenvalue weighted by Crippen LogP contribution is -2.22. The average Bonchev–Trinajstić information content (AvgIpc) is 2.61. The summed E-state index contributed by atoms with van der Waals surface area (Å²) in [6.07, 6.45) is 0. The maximum absolute atomic E-state index is 5.74. The van der Waals surface area contributed by atoms with E-state index in [2.05, 4.69) is 41.9 Å². The molecular weight excluding hydrogens is 270 g/mol. The first kappa shape index (κ1) is 14.5. The Kier molecular flexibility index (Phi) is 4.98. The van der Waals surface area contributed by atoms with Gasteiger partial charge in [0.2, 0.25) is 0 Å². The molecule has 110 valence electrons. The highest BCUT2D eigenvalue weighted by Crippen LogP contribution is 2.21. The summed E-state index contributed by atoms with van der Waals surface area (Å²) in [5.41, 5.74) is 6.71. The molecule has 0 saturated heterocycles. The highest BCUT2D eigenvalue weighted by Gasteiger charge is 2.13. The minimum Gasteiger partial charge on any atom is -0.296 e. The van der Waals surface area contributed by atoms with E-state index < -0.39 is 0 Å². The molecule has 22 heavy (non-hydrogen) atoms. The van der Waals surface area contributed by atoms with Crippen LogP contribution in [0.1, 0.15) is 22.7 Å². The van der Waals surface area contributed by atoms with Crippen LogP contribution in [0, 0.1) is 0 Å². The zero-order chi connectivity index (χ0) is 15.0. The van der Waals surface area contributed by atoms with Crippen LogP contribution in [-0.4, -0.2) is 0 Å². The summed E-state index contributed by atoms with van der Waals surface area (Å²) >= 11 is 0. The highest BCUT2D eigenvalue weighted by molar-refractivity contribution is 5.31. The van der Waals surface area contributed by atoms with Gasteiger partial charge in [-0.25, -0.2) is 0 Å². The van der Waals surface area contributed by atoms with Gasteiger partial charge in [0.15, 0.2) is 0 Å². The molecule has 0 spiro atoms. The summed E-state index contributed by atoms with van der Waals surface area (Å²) in [6, 6.07) is 30.8. The third kappa shape index (κ3) is 3.82. The molecule has 1 N–H and O–H groups in total. The van der Waals surface area contributed by atoms with Crippen molar-refractivity contribution < 1.29 is 4.84 Å². The van der Waals surface area contributed by atoms with Gasteiger partial charge in [0, 0.05) is 0 Å². The molecule has 0 aliphatic rings. The van der Waals surface area contributed by atoms with Crippen LogP contribution in [0.3, 0.4) is 0 Å². The second-order valence-corrected chi connectivity index (χ2v) is 5.15. The second kappa shape index (κ2) is 7.55. The summed E-state index contributed by atoms with van der Waals surface area (Å²) in [6.45, 7) is 0.539. The molecule has 0 unspecified atom stereocenters. The van der Waals surface area contributed by atoms with Gasteiger partial charge in [-0.2, -0.15) is 5.48 Å². The summed E-state index contributed by atoms with van der Waals surface area (Å²) in [5, 5.41) is 0. The SMILES string of the molecule is c1ccc(CONC(c2ccccc2)c2ccccc2)cc1. The van der Waals surface area contributed by atoms with Crippen molar-refractivity contribution in [1.29, 1.82) is 0 Å². The molecule has 3 rings (SSSR count). The highest BCUT2D eigenvalue weighted by atomic mass is 16.6. The Labute approximate surface area is 131 Å². The minimum atomic E-state index is 0.0195. The zero-order valence-corrected chi connectivity index (χ0v) is 12.4. The van der Waals surface area contributed by atoms with Gasteiger partial charge in [-0.3, -0.25) is 4.84 Å². The first-order chi connectivity index (χ1) is 10.9. The molecule has 3 aromatic carbocycles. The van der Waals surface area contributed by atoms with Crippen molar-refractivity contribution in [2.24, 2.45) is 0 Å². The van der Waals surface area contributed by atoms with Crippen molar-refractivity contribution in [3.05, 3.63) is 108 Å². The molecule has 0 atom stereocenters. The van der Waals surface area contributed by atoms with Gasteiger partial charge < -0.3 is 0 Å². The monoisotopic (exact) mass is 289 g/mol. The van der Waals surface area contributed by atoms with Gasteiger partial charge in [0.1, 0.15) is 0 Å². The van der Waals surface area contributed by atoms with E-state index in [1.54, 1.807) is 0 Å². The molecule has 0 aromatic heterocycles. The van der Waals surface area contributed by atoms with Gasteiger partial charge in [0.25, 0.3) is 0 Å². The second-order valence-electron chi connectivity index (χ2n) is 5.15. The van der Waals surface area contributed by atoms with Crippen LogP contribution in [0.2, 0.25) is 0 Å². The topological polar surface area (TPSA) is 21.3 Å². The molecule has 0 amide bonds. The third-order valence-electron chi connectivity index (χ3n) is 3.55. The van der Waals surface area contributed by atoms with Crippen LogP contribution < -0.4 is 5.48 Å². The predicted molar refractivity (Wildman–Crippen MR) is 89.1 cm³/mol. The fourth-order valence-electron chi connectivity index (χ4n) is 2.40. The number of hydrogen-bond donors (Lipinski definition) is 1. The number of nitrogens with one attached hydrogen (secondary N) is 1. The Hall–Kier alpha value is -2.42. The van der Waals surface area contributed by atoms with Crippen molar-refractivity contribution in [2.45, 2.75) is 12.6 Å². The van der Waals surface area contributed by atoms with Gasteiger partial charge in [-0.1, -0.05) is 91.0 Å². The molecule has 0 heterocycles. The molecule has 0 aliphatic heterocycles. The Bertz CT molecular complexity index is 628. The molecule has 0 bridgehead atoms. The zero-order valence-electron chi connectivity index (χ0n) is 12.4. The van der Waals surface area contributed by atoms with Crippen molar-refractivity contribution in [3.63, 3.8) is 0 Å². The first-order valence-electron chi connectivity index (χ1n) is 7.44. The fraction of sp³-hybridized carbons (Fsp3) is 0.100. The van der Waals surface area contributed by atoms with Crippen LogP contribution in [0.25, 0.3) is 0 Å². The molecule has 0 saturated carbocycles. The molecule has 0 aliphatic carbocycles. The van der Waals surface area contributed by atoms with E-state index in [-0.39, 0.29) is 6.04 Å². The fourth-order valence-corrected chi connectivity index (χ4v) is 2.40. The van der Waals surface area contributed by atoms with Gasteiger partial charge in [0.05, 0.1) is 12.6 Å². The molecule has 2 nitrogen and oxygen atoms in total. The largest absolute Gasteiger partial charge is 0.296 e. The van der Waals surface area contributed by atoms with E-state index in [0.29, 0.717) is 6.61 Å². The van der Waals surface area contributed by atoms with Crippen LogP contribution in [0.4, 0.5) is 0 Å². The Morgan fingerprint density at radius 1 is 0.636 bits per heavy atom. The van der Waals surface area contributed by atoms with Crippen LogP contribution in [-0.2, 0) is 11.4 Å². The summed E-state index contributed by atoms with van der Waals surface area (Å²) in [5.74, 6) is 0. The summed E-state index contributed by atoms with van der Waals surface area (Å²) in [7, 11) is 0. The Morgan fingerprint density at radius 3 is 1.59 bits per heavy atom. The van der Waals surface area contributed by atoms with Gasteiger partial charge >= 0.3 is 0 Å². The number of hydrogen-bond acceptors (Lipinski definition) is 2. The van der Waals surface area contributed by atoms with Crippen molar-refractivity contribution in [3.8, 4) is 0 Å². The first-order valence-corrected chi connectivity index (χ1v) is 7.44. The van der Waals surface area contributed by atoms with Crippen LogP contribution in [0.5, 0.6) is 0 Å². The third-order valence-corrected chi connectivity index (χ3v) is 3.55. The lowest BCUT2D eigenvalue weighted by Gasteiger charge is -2.19. The van der Waals surface area contributed by atoms with E-state index in [1.807, 2.05) is 54.6 Å². The number of hydroxylamine groups is 1.